The van der Waals surface area contributed by atoms with Crippen LogP contribution in [0.5, 0.6) is 0 Å². The van der Waals surface area contributed by atoms with Crippen molar-refractivity contribution >= 4 is 21.6 Å². The van der Waals surface area contributed by atoms with Crippen LogP contribution in [0.2, 0.25) is 0 Å². The van der Waals surface area contributed by atoms with Gasteiger partial charge in [0.2, 0.25) is 10.0 Å². The van der Waals surface area contributed by atoms with E-state index in [1.54, 1.807) is 22.8 Å². The zero-order valence-corrected chi connectivity index (χ0v) is 14.5. The molecule has 2 heterocycles. The van der Waals surface area contributed by atoms with Crippen molar-refractivity contribution in [3.8, 4) is 0 Å². The average molecular weight is 334 g/mol. The van der Waals surface area contributed by atoms with Gasteiger partial charge in [0.15, 0.2) is 0 Å². The van der Waals surface area contributed by atoms with Crippen LogP contribution in [-0.2, 0) is 16.6 Å². The van der Waals surface area contributed by atoms with E-state index in [0.717, 1.165) is 19.3 Å². The number of rotatable bonds is 4. The first-order valence-electron chi connectivity index (χ1n) is 7.48. The Morgan fingerprint density at radius 3 is 2.67 bits per heavy atom. The molecule has 5 nitrogen and oxygen atoms in total. The smallest absolute Gasteiger partial charge is 0.246 e. The maximum atomic E-state index is 12.9. The van der Waals surface area contributed by atoms with Crippen LogP contribution in [0.25, 0.3) is 0 Å². The summed E-state index contributed by atoms with van der Waals surface area (Å²) in [4.78, 5) is 0.363. The third-order valence-electron chi connectivity index (χ3n) is 4.19. The van der Waals surface area contributed by atoms with Gasteiger partial charge in [-0.3, -0.25) is 4.68 Å². The summed E-state index contributed by atoms with van der Waals surface area (Å²) in [6.07, 6.45) is 2.94. The van der Waals surface area contributed by atoms with Crippen molar-refractivity contribution in [2.75, 3.05) is 19.0 Å². The van der Waals surface area contributed by atoms with Crippen molar-refractivity contribution in [1.82, 2.24) is 14.1 Å². The molecule has 0 aliphatic carbocycles. The molecular weight excluding hydrogens is 310 g/mol. The molecule has 1 unspecified atom stereocenters. The van der Waals surface area contributed by atoms with Crippen molar-refractivity contribution in [2.45, 2.75) is 51.5 Å². The zero-order valence-electron chi connectivity index (χ0n) is 13.0. The van der Waals surface area contributed by atoms with Crippen molar-refractivity contribution in [3.63, 3.8) is 0 Å². The van der Waals surface area contributed by atoms with Crippen molar-refractivity contribution in [2.24, 2.45) is 5.92 Å². The molecule has 1 aromatic heterocycles. The molecule has 120 valence electrons. The third-order valence-corrected chi connectivity index (χ3v) is 6.51. The topological polar surface area (TPSA) is 55.2 Å². The monoisotopic (exact) mass is 333 g/mol. The molecule has 1 fully saturated rings. The van der Waals surface area contributed by atoms with Gasteiger partial charge in [0, 0.05) is 19.0 Å². The number of sulfonamides is 1. The molecule has 0 radical (unpaired) electrons. The van der Waals surface area contributed by atoms with Crippen LogP contribution in [0, 0.1) is 19.8 Å². The van der Waals surface area contributed by atoms with Crippen LogP contribution in [0.3, 0.4) is 0 Å². The van der Waals surface area contributed by atoms with Gasteiger partial charge >= 0.3 is 0 Å². The van der Waals surface area contributed by atoms with E-state index in [2.05, 4.69) is 12.0 Å². The number of halogens is 1. The molecule has 1 aliphatic heterocycles. The molecular formula is C14H24ClN3O2S. The summed E-state index contributed by atoms with van der Waals surface area (Å²) in [5.41, 5.74) is 1.25. The van der Waals surface area contributed by atoms with E-state index in [-0.39, 0.29) is 0 Å². The lowest BCUT2D eigenvalue weighted by molar-refractivity contribution is 0.416. The minimum absolute atomic E-state index is 0.363. The molecule has 1 saturated heterocycles. The Morgan fingerprint density at radius 2 is 2.00 bits per heavy atom. The van der Waals surface area contributed by atoms with Gasteiger partial charge in [-0.2, -0.15) is 9.40 Å². The third kappa shape index (κ3) is 3.43. The lowest BCUT2D eigenvalue weighted by Crippen LogP contribution is -2.32. The number of hydrogen-bond acceptors (Lipinski definition) is 3. The molecule has 21 heavy (non-hydrogen) atoms. The van der Waals surface area contributed by atoms with E-state index >= 15 is 0 Å². The van der Waals surface area contributed by atoms with Gasteiger partial charge in [0.05, 0.1) is 17.9 Å². The van der Waals surface area contributed by atoms with E-state index in [9.17, 15) is 8.42 Å². The van der Waals surface area contributed by atoms with E-state index in [4.69, 9.17) is 11.6 Å². The van der Waals surface area contributed by atoms with Gasteiger partial charge < -0.3 is 0 Å². The van der Waals surface area contributed by atoms with Crippen LogP contribution in [-0.4, -0.2) is 41.5 Å². The molecule has 0 amide bonds. The molecule has 0 aromatic carbocycles. The highest BCUT2D eigenvalue weighted by atomic mass is 35.5. The normalized spacial score (nSPS) is 21.4. The standard InChI is InChI=1S/C14H24ClN3O2S/c1-11-5-4-8-17(9-6-11)21(19,20)14-12(2)16-18(10-7-15)13(14)3/h11H,4-10H2,1-3H3. The molecule has 1 atom stereocenters. The summed E-state index contributed by atoms with van der Waals surface area (Å²) in [5.74, 6) is 1.01. The highest BCUT2D eigenvalue weighted by Crippen LogP contribution is 2.27. The van der Waals surface area contributed by atoms with E-state index < -0.39 is 10.0 Å². The van der Waals surface area contributed by atoms with Crippen molar-refractivity contribution in [3.05, 3.63) is 11.4 Å². The first kappa shape index (κ1) is 16.8. The first-order chi connectivity index (χ1) is 9.87. The number of hydrogen-bond donors (Lipinski definition) is 0. The minimum Gasteiger partial charge on any atom is -0.267 e. The second-order valence-corrected chi connectivity index (χ2v) is 8.10. The molecule has 0 saturated carbocycles. The van der Waals surface area contributed by atoms with Crippen LogP contribution < -0.4 is 0 Å². The predicted octanol–water partition coefficient (Wildman–Crippen LogP) is 2.55. The molecule has 0 N–H and O–H groups in total. The summed E-state index contributed by atoms with van der Waals surface area (Å²) >= 11 is 5.75. The SMILES string of the molecule is Cc1nn(CCCl)c(C)c1S(=O)(=O)N1CCCC(C)CC1. The van der Waals surface area contributed by atoms with Gasteiger partial charge in [-0.05, 0) is 39.0 Å². The summed E-state index contributed by atoms with van der Waals surface area (Å²) < 4.78 is 29.2. The Bertz CT molecular complexity index is 598. The van der Waals surface area contributed by atoms with Gasteiger partial charge in [-0.25, -0.2) is 8.42 Å². The lowest BCUT2D eigenvalue weighted by atomic mass is 10.0. The van der Waals surface area contributed by atoms with E-state index in [1.807, 2.05) is 0 Å². The summed E-state index contributed by atoms with van der Waals surface area (Å²) in [6, 6.07) is 0. The predicted molar refractivity (Wildman–Crippen MR) is 84.2 cm³/mol. The second-order valence-electron chi connectivity index (χ2n) is 5.85. The van der Waals surface area contributed by atoms with Gasteiger partial charge in [-0.1, -0.05) is 6.92 Å². The van der Waals surface area contributed by atoms with E-state index in [0.29, 0.717) is 47.7 Å². The Kier molecular flexibility index (Phi) is 5.33. The Balaban J connectivity index is 2.35. The van der Waals surface area contributed by atoms with Crippen molar-refractivity contribution in [1.29, 1.82) is 0 Å². The minimum atomic E-state index is -3.46. The first-order valence-corrected chi connectivity index (χ1v) is 9.45. The van der Waals surface area contributed by atoms with Gasteiger partial charge in [0.1, 0.15) is 4.90 Å². The largest absolute Gasteiger partial charge is 0.267 e. The number of aryl methyl sites for hydroxylation is 2. The average Bonchev–Trinajstić information content (AvgIpc) is 2.59. The Morgan fingerprint density at radius 1 is 1.29 bits per heavy atom. The molecule has 7 heteroatoms. The Labute approximate surface area is 132 Å². The van der Waals surface area contributed by atoms with Crippen molar-refractivity contribution < 1.29 is 8.42 Å². The summed E-state index contributed by atoms with van der Waals surface area (Å²) in [5, 5.41) is 4.33. The summed E-state index contributed by atoms with van der Waals surface area (Å²) in [6.45, 7) is 7.48. The number of alkyl halides is 1. The number of aromatic nitrogens is 2. The lowest BCUT2D eigenvalue weighted by Gasteiger charge is -2.20. The highest BCUT2D eigenvalue weighted by molar-refractivity contribution is 7.89. The van der Waals surface area contributed by atoms with E-state index in [1.165, 1.54) is 0 Å². The number of nitrogens with zero attached hydrogens (tertiary/aromatic N) is 3. The molecule has 0 spiro atoms. The van der Waals surface area contributed by atoms with Crippen LogP contribution in [0.15, 0.2) is 4.90 Å². The van der Waals surface area contributed by atoms with Crippen LogP contribution in [0.4, 0.5) is 0 Å². The molecule has 0 bridgehead atoms. The highest BCUT2D eigenvalue weighted by Gasteiger charge is 2.31. The fourth-order valence-corrected chi connectivity index (χ4v) is 4.98. The maximum Gasteiger partial charge on any atom is 0.246 e. The molecule has 2 rings (SSSR count). The fraction of sp³-hybridized carbons (Fsp3) is 0.786. The van der Waals surface area contributed by atoms with Crippen LogP contribution in [0.1, 0.15) is 37.6 Å². The maximum absolute atomic E-state index is 12.9. The molecule has 1 aromatic rings. The summed E-state index contributed by atoms with van der Waals surface area (Å²) in [7, 11) is -3.46. The zero-order chi connectivity index (χ0) is 15.6. The quantitative estimate of drug-likeness (QED) is 0.796. The van der Waals surface area contributed by atoms with Crippen LogP contribution >= 0.6 is 11.6 Å². The van der Waals surface area contributed by atoms with Gasteiger partial charge in [0.25, 0.3) is 0 Å². The Hall–Kier alpha value is -0.590. The molecule has 1 aliphatic rings. The van der Waals surface area contributed by atoms with Gasteiger partial charge in [-0.15, -0.1) is 11.6 Å². The fourth-order valence-electron chi connectivity index (χ4n) is 2.96. The second kappa shape index (κ2) is 6.67.